The lowest BCUT2D eigenvalue weighted by molar-refractivity contribution is -0.165. The number of hydrogen-bond donors (Lipinski definition) is 2. The van der Waals surface area contributed by atoms with Crippen LogP contribution in [-0.2, 0) is 14.3 Å². The first kappa shape index (κ1) is 17.8. The first-order valence-electron chi connectivity index (χ1n) is 10.1. The van der Waals surface area contributed by atoms with E-state index in [-0.39, 0.29) is 40.7 Å². The summed E-state index contributed by atoms with van der Waals surface area (Å²) in [6.45, 7) is 5.51. The summed E-state index contributed by atoms with van der Waals surface area (Å²) in [5.74, 6) is -0.193. The van der Waals surface area contributed by atoms with Crippen LogP contribution in [0.2, 0.25) is 0 Å². The van der Waals surface area contributed by atoms with Gasteiger partial charge in [-0.3, -0.25) is 9.59 Å². The molecule has 4 aliphatic carbocycles. The number of carbonyl (C=O) groups excluding carboxylic acids is 2. The Bertz CT molecular complexity index is 814. The molecule has 0 aromatic rings. The maximum atomic E-state index is 12.6. The number of fused-ring (bicyclic) bond motifs is 3. The summed E-state index contributed by atoms with van der Waals surface area (Å²) in [5, 5.41) is 21.0. The van der Waals surface area contributed by atoms with E-state index in [1.807, 2.05) is 19.9 Å². The number of carbonyl (C=O) groups is 2. The summed E-state index contributed by atoms with van der Waals surface area (Å²) in [4.78, 5) is 24.5. The first-order valence-corrected chi connectivity index (χ1v) is 10.1. The van der Waals surface area contributed by atoms with Crippen molar-refractivity contribution in [2.75, 3.05) is 6.61 Å². The number of Topliss-reactive ketones (excluding diaryl/α,β-unsaturated/α-hetero) is 1. The van der Waals surface area contributed by atoms with Crippen molar-refractivity contribution in [3.8, 4) is 0 Å². The Balaban J connectivity index is 1.60. The fraction of sp³-hybridized carbons (Fsp3) is 0.727. The van der Waals surface area contributed by atoms with E-state index >= 15 is 0 Å². The van der Waals surface area contributed by atoms with Crippen LogP contribution in [0.15, 0.2) is 23.8 Å². The van der Waals surface area contributed by atoms with Crippen LogP contribution in [0.3, 0.4) is 0 Å². The van der Waals surface area contributed by atoms with Crippen LogP contribution in [0.5, 0.6) is 0 Å². The Hall–Kier alpha value is -1.30. The normalized spacial score (nSPS) is 55.1. The van der Waals surface area contributed by atoms with Crippen molar-refractivity contribution < 1.29 is 24.5 Å². The number of ether oxygens (including phenoxy) is 1. The summed E-state index contributed by atoms with van der Waals surface area (Å²) in [6, 6.07) is 0. The molecule has 1 saturated heterocycles. The van der Waals surface area contributed by atoms with E-state index < -0.39 is 23.4 Å². The summed E-state index contributed by atoms with van der Waals surface area (Å²) in [7, 11) is 0. The predicted octanol–water partition coefficient (Wildman–Crippen LogP) is 1.96. The van der Waals surface area contributed by atoms with Crippen molar-refractivity contribution >= 4 is 11.6 Å². The molecule has 0 aromatic heterocycles. The van der Waals surface area contributed by atoms with E-state index in [1.54, 1.807) is 12.2 Å². The van der Waals surface area contributed by atoms with Crippen molar-refractivity contribution in [2.24, 2.45) is 28.6 Å². The zero-order chi connectivity index (χ0) is 19.4. The molecule has 8 atom stereocenters. The van der Waals surface area contributed by atoms with Crippen molar-refractivity contribution in [1.29, 1.82) is 0 Å². The molecular weight excluding hydrogens is 344 g/mol. The fourth-order valence-electron chi connectivity index (χ4n) is 7.70. The quantitative estimate of drug-likeness (QED) is 0.724. The van der Waals surface area contributed by atoms with Gasteiger partial charge in [-0.25, -0.2) is 0 Å². The molecule has 5 heteroatoms. The van der Waals surface area contributed by atoms with Gasteiger partial charge in [-0.05, 0) is 62.5 Å². The summed E-state index contributed by atoms with van der Waals surface area (Å²) >= 11 is 0. The van der Waals surface area contributed by atoms with Crippen molar-refractivity contribution in [1.82, 2.24) is 0 Å². The standard InChI is InChI=1S/C22H28O5/c1-12-8-16-15-5-4-13-9-14(24)6-7-19(13,2)22(15)18(27-22)10-20(16,3)21(12,26)17(25)11-23/h6-7,9,12,15-16,18,23,26H,4-5,8,10-11H2,1-3H3/t12-,15-,16-,18+,19+,20-,21-,22-/m1/s1. The van der Waals surface area contributed by atoms with Crippen LogP contribution >= 0.6 is 0 Å². The lowest BCUT2D eigenvalue weighted by atomic mass is 9.46. The molecule has 3 saturated carbocycles. The molecule has 1 aliphatic heterocycles. The molecule has 1 heterocycles. The molecule has 0 aromatic carbocycles. The van der Waals surface area contributed by atoms with Crippen LogP contribution in [0, 0.1) is 28.6 Å². The number of rotatable bonds is 2. The largest absolute Gasteiger partial charge is 0.388 e. The molecule has 0 radical (unpaired) electrons. The van der Waals surface area contributed by atoms with Gasteiger partial charge < -0.3 is 14.9 Å². The van der Waals surface area contributed by atoms with E-state index in [1.165, 1.54) is 0 Å². The van der Waals surface area contributed by atoms with Crippen LogP contribution in [0.25, 0.3) is 0 Å². The Morgan fingerprint density at radius 3 is 2.78 bits per heavy atom. The van der Waals surface area contributed by atoms with Crippen LogP contribution in [0.4, 0.5) is 0 Å². The molecule has 27 heavy (non-hydrogen) atoms. The summed E-state index contributed by atoms with van der Waals surface area (Å²) in [6.07, 6.45) is 8.58. The Morgan fingerprint density at radius 2 is 2.07 bits per heavy atom. The molecule has 5 aliphatic rings. The molecule has 0 amide bonds. The monoisotopic (exact) mass is 372 g/mol. The van der Waals surface area contributed by atoms with E-state index in [4.69, 9.17) is 4.74 Å². The zero-order valence-electron chi connectivity index (χ0n) is 16.2. The lowest BCUT2D eigenvalue weighted by Crippen LogP contribution is -2.62. The minimum Gasteiger partial charge on any atom is -0.388 e. The second-order valence-corrected chi connectivity index (χ2v) is 9.86. The average Bonchev–Trinajstić information content (AvgIpc) is 3.31. The maximum Gasteiger partial charge on any atom is 0.190 e. The van der Waals surface area contributed by atoms with E-state index in [0.29, 0.717) is 6.42 Å². The van der Waals surface area contributed by atoms with Gasteiger partial charge in [0.25, 0.3) is 0 Å². The Labute approximate surface area is 159 Å². The highest BCUT2D eigenvalue weighted by Gasteiger charge is 2.81. The third-order valence-electron chi connectivity index (χ3n) is 9.08. The van der Waals surface area contributed by atoms with Gasteiger partial charge in [-0.2, -0.15) is 0 Å². The van der Waals surface area contributed by atoms with E-state index in [2.05, 4.69) is 6.92 Å². The number of epoxide rings is 1. The lowest BCUT2D eigenvalue weighted by Gasteiger charge is -2.55. The molecule has 5 nitrogen and oxygen atoms in total. The van der Waals surface area contributed by atoms with Gasteiger partial charge in [0.15, 0.2) is 11.6 Å². The van der Waals surface area contributed by atoms with Gasteiger partial charge in [-0.1, -0.05) is 25.5 Å². The van der Waals surface area contributed by atoms with Gasteiger partial charge in [0.1, 0.15) is 17.8 Å². The third kappa shape index (κ3) is 1.73. The average molecular weight is 372 g/mol. The van der Waals surface area contributed by atoms with Crippen LogP contribution < -0.4 is 0 Å². The molecule has 2 N–H and O–H groups in total. The second-order valence-electron chi connectivity index (χ2n) is 9.86. The van der Waals surface area contributed by atoms with Crippen molar-refractivity contribution in [2.45, 2.75) is 63.8 Å². The molecule has 4 fully saturated rings. The number of allylic oxidation sites excluding steroid dienone is 2. The second kappa shape index (κ2) is 5.00. The van der Waals surface area contributed by atoms with Gasteiger partial charge in [0, 0.05) is 10.8 Å². The Kier molecular flexibility index (Phi) is 3.29. The highest BCUT2D eigenvalue weighted by atomic mass is 16.6. The fourth-order valence-corrected chi connectivity index (χ4v) is 7.70. The topological polar surface area (TPSA) is 87.1 Å². The van der Waals surface area contributed by atoms with Gasteiger partial charge in [-0.15, -0.1) is 0 Å². The minimum atomic E-state index is -1.50. The molecule has 0 bridgehead atoms. The van der Waals surface area contributed by atoms with Gasteiger partial charge >= 0.3 is 0 Å². The molecule has 146 valence electrons. The number of aliphatic hydroxyl groups is 2. The minimum absolute atomic E-state index is 0.0291. The third-order valence-corrected chi connectivity index (χ3v) is 9.08. The maximum absolute atomic E-state index is 12.6. The molecule has 0 unspecified atom stereocenters. The van der Waals surface area contributed by atoms with Crippen molar-refractivity contribution in [3.05, 3.63) is 23.8 Å². The smallest absolute Gasteiger partial charge is 0.190 e. The first-order chi connectivity index (χ1) is 12.6. The van der Waals surface area contributed by atoms with Crippen LogP contribution in [-0.4, -0.2) is 45.7 Å². The number of hydrogen-bond acceptors (Lipinski definition) is 5. The molecule has 5 rings (SSSR count). The van der Waals surface area contributed by atoms with Crippen LogP contribution in [0.1, 0.15) is 46.5 Å². The highest BCUT2D eigenvalue weighted by molar-refractivity contribution is 6.01. The van der Waals surface area contributed by atoms with Crippen molar-refractivity contribution in [3.63, 3.8) is 0 Å². The SMILES string of the molecule is C[C@@H]1C[C@@H]2[C@H]3CCC4=CC(=O)C=C[C@]4(C)[C@@]34O[C@H]4C[C@@]2(C)[C@]1(O)C(=O)CO. The van der Waals surface area contributed by atoms with Gasteiger partial charge in [0.05, 0.1) is 6.10 Å². The molecule has 1 spiro atoms. The van der Waals surface area contributed by atoms with Gasteiger partial charge in [0.2, 0.25) is 0 Å². The summed E-state index contributed by atoms with van der Waals surface area (Å²) in [5.41, 5.74) is -1.55. The van der Waals surface area contributed by atoms with E-state index in [0.717, 1.165) is 24.8 Å². The Morgan fingerprint density at radius 1 is 1.33 bits per heavy atom. The zero-order valence-corrected chi connectivity index (χ0v) is 16.2. The number of aliphatic hydroxyl groups excluding tert-OH is 1. The highest BCUT2D eigenvalue weighted by Crippen LogP contribution is 2.76. The van der Waals surface area contributed by atoms with E-state index in [9.17, 15) is 19.8 Å². The number of ketones is 2. The summed E-state index contributed by atoms with van der Waals surface area (Å²) < 4.78 is 6.43. The molecular formula is C22H28O5. The predicted molar refractivity (Wildman–Crippen MR) is 97.7 cm³/mol.